The maximum absolute atomic E-state index is 10.7. The molecule has 0 saturated heterocycles. The number of nitrogens with zero attached hydrogens (tertiary/aromatic N) is 2. The molecule has 3 rings (SSSR count). The minimum atomic E-state index is -0.655. The molecule has 1 heterocycles. The Morgan fingerprint density at radius 1 is 0.952 bits per heavy atom. The van der Waals surface area contributed by atoms with Gasteiger partial charge in [-0.3, -0.25) is 0 Å². The number of aliphatic hydroxyl groups is 1. The molecule has 0 amide bonds. The molecule has 1 atom stereocenters. The Hall–Kier alpha value is -2.39. The SMILES string of the molecule is CN(C)c1cc(C(O)c2ccccc2)c2ccccc2n1. The van der Waals surface area contributed by atoms with Crippen LogP contribution in [-0.2, 0) is 0 Å². The highest BCUT2D eigenvalue weighted by molar-refractivity contribution is 5.85. The van der Waals surface area contributed by atoms with Crippen molar-refractivity contribution in [3.8, 4) is 0 Å². The second-order valence-corrected chi connectivity index (χ2v) is 5.29. The van der Waals surface area contributed by atoms with Gasteiger partial charge < -0.3 is 10.0 Å². The van der Waals surface area contributed by atoms with Gasteiger partial charge in [-0.2, -0.15) is 0 Å². The summed E-state index contributed by atoms with van der Waals surface area (Å²) in [7, 11) is 3.91. The average Bonchev–Trinajstić information content (AvgIpc) is 2.54. The Balaban J connectivity index is 2.20. The van der Waals surface area contributed by atoms with Crippen LogP contribution in [0, 0.1) is 0 Å². The van der Waals surface area contributed by atoms with E-state index in [1.165, 1.54) is 0 Å². The van der Waals surface area contributed by atoms with Gasteiger partial charge in [-0.15, -0.1) is 0 Å². The van der Waals surface area contributed by atoms with Crippen molar-refractivity contribution in [1.29, 1.82) is 0 Å². The predicted octanol–water partition coefficient (Wildman–Crippen LogP) is 3.38. The molecule has 0 aliphatic heterocycles. The van der Waals surface area contributed by atoms with Crippen LogP contribution < -0.4 is 4.90 Å². The fourth-order valence-corrected chi connectivity index (χ4v) is 2.46. The molecular weight excluding hydrogens is 260 g/mol. The van der Waals surface area contributed by atoms with E-state index >= 15 is 0 Å². The molecule has 1 unspecified atom stereocenters. The lowest BCUT2D eigenvalue weighted by atomic mass is 9.98. The Bertz CT molecular complexity index is 754. The number of hydrogen-bond donors (Lipinski definition) is 1. The summed E-state index contributed by atoms with van der Waals surface area (Å²) in [4.78, 5) is 6.58. The molecule has 3 aromatic rings. The van der Waals surface area contributed by atoms with Crippen molar-refractivity contribution in [2.24, 2.45) is 0 Å². The van der Waals surface area contributed by atoms with Crippen molar-refractivity contribution in [3.05, 3.63) is 71.8 Å². The van der Waals surface area contributed by atoms with E-state index in [-0.39, 0.29) is 0 Å². The molecule has 3 heteroatoms. The Morgan fingerprint density at radius 3 is 2.33 bits per heavy atom. The van der Waals surface area contributed by atoms with E-state index in [1.807, 2.05) is 79.7 Å². The molecule has 0 fully saturated rings. The fraction of sp³-hybridized carbons (Fsp3) is 0.167. The van der Waals surface area contributed by atoms with Gasteiger partial charge in [0.15, 0.2) is 0 Å². The van der Waals surface area contributed by atoms with Crippen LogP contribution in [0.15, 0.2) is 60.7 Å². The van der Waals surface area contributed by atoms with E-state index in [2.05, 4.69) is 4.98 Å². The van der Waals surface area contributed by atoms with Gasteiger partial charge in [0.1, 0.15) is 11.9 Å². The second kappa shape index (κ2) is 5.54. The number of benzene rings is 2. The summed E-state index contributed by atoms with van der Waals surface area (Å²) in [6, 6.07) is 19.6. The third-order valence-corrected chi connectivity index (χ3v) is 3.60. The summed E-state index contributed by atoms with van der Waals surface area (Å²) in [6.45, 7) is 0. The quantitative estimate of drug-likeness (QED) is 0.798. The molecule has 3 nitrogen and oxygen atoms in total. The van der Waals surface area contributed by atoms with E-state index < -0.39 is 6.10 Å². The number of para-hydroxylation sites is 1. The van der Waals surface area contributed by atoms with E-state index in [0.29, 0.717) is 0 Å². The molecule has 0 aliphatic carbocycles. The highest BCUT2D eigenvalue weighted by atomic mass is 16.3. The van der Waals surface area contributed by atoms with Crippen LogP contribution in [-0.4, -0.2) is 24.2 Å². The predicted molar refractivity (Wildman–Crippen MR) is 86.6 cm³/mol. The van der Waals surface area contributed by atoms with Crippen LogP contribution in [0.4, 0.5) is 5.82 Å². The number of aromatic nitrogens is 1. The van der Waals surface area contributed by atoms with Gasteiger partial charge in [-0.1, -0.05) is 48.5 Å². The minimum absolute atomic E-state index is 0.655. The van der Waals surface area contributed by atoms with Gasteiger partial charge in [-0.25, -0.2) is 4.98 Å². The maximum atomic E-state index is 10.7. The monoisotopic (exact) mass is 278 g/mol. The normalized spacial score (nSPS) is 12.3. The smallest absolute Gasteiger partial charge is 0.129 e. The third kappa shape index (κ3) is 2.60. The molecule has 0 aliphatic rings. The fourth-order valence-electron chi connectivity index (χ4n) is 2.46. The molecule has 106 valence electrons. The molecule has 0 spiro atoms. The van der Waals surface area contributed by atoms with Crippen molar-refractivity contribution >= 4 is 16.7 Å². The molecule has 1 aromatic heterocycles. The second-order valence-electron chi connectivity index (χ2n) is 5.29. The third-order valence-electron chi connectivity index (χ3n) is 3.60. The van der Waals surface area contributed by atoms with Gasteiger partial charge in [0.05, 0.1) is 5.52 Å². The Kier molecular flexibility index (Phi) is 3.59. The molecule has 0 saturated carbocycles. The molecule has 2 aromatic carbocycles. The molecular formula is C18H18N2O. The first-order valence-corrected chi connectivity index (χ1v) is 6.97. The lowest BCUT2D eigenvalue weighted by Gasteiger charge is -2.18. The van der Waals surface area contributed by atoms with Crippen LogP contribution in [0.25, 0.3) is 10.9 Å². The van der Waals surface area contributed by atoms with E-state index in [4.69, 9.17) is 0 Å². The van der Waals surface area contributed by atoms with Crippen molar-refractivity contribution in [2.45, 2.75) is 6.10 Å². The van der Waals surface area contributed by atoms with Crippen molar-refractivity contribution in [3.63, 3.8) is 0 Å². The van der Waals surface area contributed by atoms with Crippen molar-refractivity contribution in [2.75, 3.05) is 19.0 Å². The largest absolute Gasteiger partial charge is 0.384 e. The van der Waals surface area contributed by atoms with Crippen LogP contribution in [0.1, 0.15) is 17.2 Å². The van der Waals surface area contributed by atoms with E-state index in [0.717, 1.165) is 27.8 Å². The summed E-state index contributed by atoms with van der Waals surface area (Å²) in [5.41, 5.74) is 2.67. The molecule has 21 heavy (non-hydrogen) atoms. The maximum Gasteiger partial charge on any atom is 0.129 e. The lowest BCUT2D eigenvalue weighted by molar-refractivity contribution is 0.222. The first kappa shape index (κ1) is 13.6. The van der Waals surface area contributed by atoms with Crippen LogP contribution in [0.3, 0.4) is 0 Å². The number of aliphatic hydroxyl groups excluding tert-OH is 1. The van der Waals surface area contributed by atoms with Gasteiger partial charge in [0.25, 0.3) is 0 Å². The first-order chi connectivity index (χ1) is 10.2. The summed E-state index contributed by atoms with van der Waals surface area (Å²) in [6.07, 6.45) is -0.655. The van der Waals surface area contributed by atoms with Crippen LogP contribution >= 0.6 is 0 Å². The highest BCUT2D eigenvalue weighted by Gasteiger charge is 2.16. The zero-order valence-corrected chi connectivity index (χ0v) is 12.2. The summed E-state index contributed by atoms with van der Waals surface area (Å²) in [5.74, 6) is 0.846. The summed E-state index contributed by atoms with van der Waals surface area (Å²) >= 11 is 0. The molecule has 0 bridgehead atoms. The van der Waals surface area contributed by atoms with Gasteiger partial charge in [0, 0.05) is 19.5 Å². The zero-order valence-electron chi connectivity index (χ0n) is 12.2. The van der Waals surface area contributed by atoms with Crippen LogP contribution in [0.5, 0.6) is 0 Å². The lowest BCUT2D eigenvalue weighted by Crippen LogP contribution is -2.12. The Morgan fingerprint density at radius 2 is 1.62 bits per heavy atom. The van der Waals surface area contributed by atoms with Crippen molar-refractivity contribution < 1.29 is 5.11 Å². The summed E-state index contributed by atoms with van der Waals surface area (Å²) < 4.78 is 0. The topological polar surface area (TPSA) is 36.4 Å². The highest BCUT2D eigenvalue weighted by Crippen LogP contribution is 2.30. The van der Waals surface area contributed by atoms with Gasteiger partial charge >= 0.3 is 0 Å². The van der Waals surface area contributed by atoms with Crippen LogP contribution in [0.2, 0.25) is 0 Å². The van der Waals surface area contributed by atoms with Gasteiger partial charge in [-0.05, 0) is 23.3 Å². The number of fused-ring (bicyclic) bond motifs is 1. The number of hydrogen-bond acceptors (Lipinski definition) is 3. The number of anilines is 1. The Labute approximate surface area is 124 Å². The van der Waals surface area contributed by atoms with Crippen molar-refractivity contribution in [1.82, 2.24) is 4.98 Å². The van der Waals surface area contributed by atoms with Gasteiger partial charge in [0.2, 0.25) is 0 Å². The molecule has 0 radical (unpaired) electrons. The first-order valence-electron chi connectivity index (χ1n) is 6.97. The zero-order chi connectivity index (χ0) is 14.8. The van der Waals surface area contributed by atoms with E-state index in [9.17, 15) is 5.11 Å². The number of rotatable bonds is 3. The average molecular weight is 278 g/mol. The number of pyridine rings is 1. The molecule has 1 N–H and O–H groups in total. The standard InChI is InChI=1S/C18H18N2O/c1-20(2)17-12-15(14-10-6-7-11-16(14)19-17)18(21)13-8-4-3-5-9-13/h3-12,18,21H,1-2H3. The minimum Gasteiger partial charge on any atom is -0.384 e. The summed E-state index contributed by atoms with van der Waals surface area (Å²) in [5, 5.41) is 11.7. The van der Waals surface area contributed by atoms with E-state index in [1.54, 1.807) is 0 Å².